The molecule has 0 aliphatic carbocycles. The van der Waals surface area contributed by atoms with Gasteiger partial charge in [-0.05, 0) is 12.7 Å². The van der Waals surface area contributed by atoms with Crippen LogP contribution in [0.5, 0.6) is 0 Å². The van der Waals surface area contributed by atoms with E-state index in [-0.39, 0.29) is 5.75 Å². The van der Waals surface area contributed by atoms with Crippen molar-refractivity contribution in [3.63, 3.8) is 0 Å². The highest BCUT2D eigenvalue weighted by Crippen LogP contribution is 2.27. The van der Waals surface area contributed by atoms with E-state index < -0.39 is 60.9 Å². The normalized spacial score (nSPS) is 30.4. The molecule has 0 spiro atoms. The zero-order valence-corrected chi connectivity index (χ0v) is 14.7. The molecule has 6 atom stereocenters. The van der Waals surface area contributed by atoms with Gasteiger partial charge in [0.1, 0.15) is 12.1 Å². The van der Waals surface area contributed by atoms with Crippen LogP contribution < -0.4 is 10.6 Å². The molecule has 10 nitrogen and oxygen atoms in total. The Morgan fingerprint density at radius 1 is 1.20 bits per heavy atom. The number of aliphatic hydroxyl groups excluding tert-OH is 3. The number of carboxylic acid groups (broad SMARTS) is 1. The molecule has 1 saturated heterocycles. The number of aliphatic carboxylic acids is 1. The fourth-order valence-corrected chi connectivity index (χ4v) is 3.06. The van der Waals surface area contributed by atoms with Crippen LogP contribution in [-0.4, -0.2) is 87.4 Å². The summed E-state index contributed by atoms with van der Waals surface area (Å²) in [6.07, 6.45) is -3.75. The molecule has 0 aromatic rings. The van der Waals surface area contributed by atoms with Crippen molar-refractivity contribution in [1.82, 2.24) is 10.6 Å². The maximum Gasteiger partial charge on any atom is 0.327 e. The molecule has 0 saturated carbocycles. The molecular formula is C14H24N2O8S. The van der Waals surface area contributed by atoms with Crippen molar-refractivity contribution in [2.75, 3.05) is 18.6 Å². The summed E-state index contributed by atoms with van der Waals surface area (Å²) >= 11 is 1.24. The van der Waals surface area contributed by atoms with Gasteiger partial charge in [0.2, 0.25) is 5.91 Å². The molecule has 0 radical (unpaired) electrons. The van der Waals surface area contributed by atoms with Gasteiger partial charge in [0, 0.05) is 11.7 Å². The zero-order chi connectivity index (χ0) is 19.1. The van der Waals surface area contributed by atoms with Gasteiger partial charge in [0.05, 0.1) is 12.6 Å². The highest BCUT2D eigenvalue weighted by molar-refractivity contribution is 7.98. The maximum absolute atomic E-state index is 12.1. The summed E-state index contributed by atoms with van der Waals surface area (Å²) in [7, 11) is 0. The molecule has 25 heavy (non-hydrogen) atoms. The summed E-state index contributed by atoms with van der Waals surface area (Å²) in [5, 5.41) is 42.9. The number of thioether (sulfide) groups is 1. The first-order valence-corrected chi connectivity index (χ1v) is 9.10. The third-order valence-corrected chi connectivity index (χ3v) is 4.55. The minimum atomic E-state index is -1.63. The standard InChI is InChI=1S/C14H24N2O8S/c1-3-6-9(18)11(24-14(23)10(6)19)12(20)15-4-8(17)16-7(5-25-2)13(21)22/h6-7,9-11,14,18-19,23H,3-5H2,1-2H3,(H,15,20)(H,16,17)(H,21,22)/t6?,7-,9?,10?,11?,14?/m0/s1. The highest BCUT2D eigenvalue weighted by Gasteiger charge is 2.45. The third kappa shape index (κ3) is 5.82. The summed E-state index contributed by atoms with van der Waals surface area (Å²) in [5.41, 5.74) is 0. The van der Waals surface area contributed by atoms with E-state index in [1.165, 1.54) is 11.8 Å². The minimum absolute atomic E-state index is 0.168. The van der Waals surface area contributed by atoms with Gasteiger partial charge in [0.15, 0.2) is 12.4 Å². The van der Waals surface area contributed by atoms with Crippen molar-refractivity contribution < 1.29 is 39.5 Å². The van der Waals surface area contributed by atoms with Crippen LogP contribution in [0.25, 0.3) is 0 Å². The van der Waals surface area contributed by atoms with Crippen molar-refractivity contribution in [3.05, 3.63) is 0 Å². The molecule has 1 aliphatic rings. The summed E-state index contributed by atoms with van der Waals surface area (Å²) < 4.78 is 4.91. The molecule has 0 bridgehead atoms. The van der Waals surface area contributed by atoms with Gasteiger partial charge in [-0.1, -0.05) is 6.92 Å². The van der Waals surface area contributed by atoms with E-state index in [1.807, 2.05) is 0 Å². The quantitative estimate of drug-likeness (QED) is 0.267. The number of aliphatic hydroxyl groups is 3. The lowest BCUT2D eigenvalue weighted by Gasteiger charge is -2.39. The Kier molecular flexibility index (Phi) is 8.59. The largest absolute Gasteiger partial charge is 0.480 e. The van der Waals surface area contributed by atoms with Gasteiger partial charge in [-0.2, -0.15) is 11.8 Å². The topological polar surface area (TPSA) is 165 Å². The Bertz CT molecular complexity index is 491. The third-order valence-electron chi connectivity index (χ3n) is 3.89. The number of carboxylic acids is 1. The Morgan fingerprint density at radius 3 is 2.36 bits per heavy atom. The van der Waals surface area contributed by atoms with E-state index in [0.29, 0.717) is 6.42 Å². The maximum atomic E-state index is 12.1. The SMILES string of the molecule is CCC1C(O)C(O)OC(C(=O)NCC(=O)N[C@@H](CSC)C(=O)O)C1O. The van der Waals surface area contributed by atoms with E-state index in [0.717, 1.165) is 0 Å². The summed E-state index contributed by atoms with van der Waals surface area (Å²) in [6.45, 7) is 1.16. The smallest absolute Gasteiger partial charge is 0.327 e. The minimum Gasteiger partial charge on any atom is -0.480 e. The van der Waals surface area contributed by atoms with Crippen LogP contribution >= 0.6 is 11.8 Å². The first kappa shape index (κ1) is 21.6. The number of amides is 2. The molecule has 1 aliphatic heterocycles. The van der Waals surface area contributed by atoms with Crippen LogP contribution in [0, 0.1) is 5.92 Å². The van der Waals surface area contributed by atoms with Crippen LogP contribution in [0.15, 0.2) is 0 Å². The van der Waals surface area contributed by atoms with Gasteiger partial charge in [-0.15, -0.1) is 0 Å². The number of carbonyl (C=O) groups is 3. The van der Waals surface area contributed by atoms with Gasteiger partial charge in [-0.25, -0.2) is 4.79 Å². The second-order valence-corrected chi connectivity index (χ2v) is 6.54. The number of hydrogen-bond donors (Lipinski definition) is 6. The van der Waals surface area contributed by atoms with Crippen molar-refractivity contribution in [2.24, 2.45) is 5.92 Å². The Balaban J connectivity index is 2.58. The van der Waals surface area contributed by atoms with Crippen molar-refractivity contribution in [1.29, 1.82) is 0 Å². The van der Waals surface area contributed by atoms with Crippen LogP contribution in [0.4, 0.5) is 0 Å². The molecule has 0 aromatic heterocycles. The molecule has 11 heteroatoms. The number of rotatable bonds is 8. The molecule has 5 unspecified atom stereocenters. The Labute approximate surface area is 148 Å². The first-order valence-electron chi connectivity index (χ1n) is 7.71. The molecular weight excluding hydrogens is 356 g/mol. The van der Waals surface area contributed by atoms with E-state index >= 15 is 0 Å². The number of carbonyl (C=O) groups excluding carboxylic acids is 2. The lowest BCUT2D eigenvalue weighted by molar-refractivity contribution is -0.263. The Morgan fingerprint density at radius 2 is 1.84 bits per heavy atom. The molecule has 0 aromatic carbocycles. The number of hydrogen-bond acceptors (Lipinski definition) is 8. The van der Waals surface area contributed by atoms with Crippen LogP contribution in [0.2, 0.25) is 0 Å². The van der Waals surface area contributed by atoms with E-state index in [2.05, 4.69) is 10.6 Å². The zero-order valence-electron chi connectivity index (χ0n) is 13.9. The highest BCUT2D eigenvalue weighted by atomic mass is 32.2. The van der Waals surface area contributed by atoms with Gasteiger partial charge >= 0.3 is 5.97 Å². The molecule has 2 amide bonds. The second-order valence-electron chi connectivity index (χ2n) is 5.63. The molecule has 6 N–H and O–H groups in total. The summed E-state index contributed by atoms with van der Waals surface area (Å²) in [5.74, 6) is -3.34. The number of nitrogens with one attached hydrogen (secondary N) is 2. The molecule has 1 rings (SSSR count). The van der Waals surface area contributed by atoms with E-state index in [9.17, 15) is 29.7 Å². The molecule has 144 valence electrons. The fourth-order valence-electron chi connectivity index (χ4n) is 2.50. The summed E-state index contributed by atoms with van der Waals surface area (Å²) in [4.78, 5) is 34.8. The lowest BCUT2D eigenvalue weighted by atomic mass is 9.86. The van der Waals surface area contributed by atoms with Crippen LogP contribution in [-0.2, 0) is 19.1 Å². The fraction of sp³-hybridized carbons (Fsp3) is 0.786. The molecule has 1 heterocycles. The van der Waals surface area contributed by atoms with Crippen molar-refractivity contribution in [2.45, 2.75) is 44.0 Å². The monoisotopic (exact) mass is 380 g/mol. The lowest BCUT2D eigenvalue weighted by Crippen LogP contribution is -2.59. The first-order chi connectivity index (χ1) is 11.7. The second kappa shape index (κ2) is 9.92. The van der Waals surface area contributed by atoms with Crippen molar-refractivity contribution >= 4 is 29.5 Å². The van der Waals surface area contributed by atoms with Gasteiger partial charge < -0.3 is 35.8 Å². The summed E-state index contributed by atoms with van der Waals surface area (Å²) in [6, 6.07) is -1.09. The predicted octanol–water partition coefficient (Wildman–Crippen LogP) is -2.50. The molecule has 1 fully saturated rings. The van der Waals surface area contributed by atoms with E-state index in [1.54, 1.807) is 13.2 Å². The average Bonchev–Trinajstić information content (AvgIpc) is 2.56. The number of ether oxygens (including phenoxy) is 1. The van der Waals surface area contributed by atoms with Crippen molar-refractivity contribution in [3.8, 4) is 0 Å². The average molecular weight is 380 g/mol. The van der Waals surface area contributed by atoms with Crippen LogP contribution in [0.1, 0.15) is 13.3 Å². The van der Waals surface area contributed by atoms with E-state index in [4.69, 9.17) is 9.84 Å². The van der Waals surface area contributed by atoms with Crippen LogP contribution in [0.3, 0.4) is 0 Å². The van der Waals surface area contributed by atoms with Gasteiger partial charge in [0.25, 0.3) is 5.91 Å². The van der Waals surface area contributed by atoms with Gasteiger partial charge in [-0.3, -0.25) is 9.59 Å². The predicted molar refractivity (Wildman–Crippen MR) is 87.6 cm³/mol. The Hall–Kier alpha value is -1.40.